The number of nitrogens with one attached hydrogen (secondary N) is 1. The number of anilines is 1. The van der Waals surface area contributed by atoms with Gasteiger partial charge in [-0.15, -0.1) is 5.10 Å². The van der Waals surface area contributed by atoms with Crippen LogP contribution < -0.4 is 25.2 Å². The van der Waals surface area contributed by atoms with E-state index in [-0.39, 0.29) is 12.1 Å². The molecular formula is C19H21N5O5S. The van der Waals surface area contributed by atoms with Crippen LogP contribution >= 0.6 is 11.3 Å². The Labute approximate surface area is 176 Å². The highest BCUT2D eigenvalue weighted by atomic mass is 32.1. The first-order chi connectivity index (χ1) is 14.6. The highest BCUT2D eigenvalue weighted by Gasteiger charge is 2.20. The van der Waals surface area contributed by atoms with Crippen molar-refractivity contribution in [1.82, 2.24) is 19.9 Å². The minimum absolute atomic E-state index is 0.0705. The highest BCUT2D eigenvalue weighted by molar-refractivity contribution is 7.20. The highest BCUT2D eigenvalue weighted by Crippen LogP contribution is 2.24. The number of carbonyl (C=O) groups is 1. The SMILES string of the molecule is COc1ccc(CNC(=O)c2cnc3sc(N4CCOCC4)nn3c2=O)c(OC)c1. The molecule has 4 rings (SSSR count). The lowest BCUT2D eigenvalue weighted by molar-refractivity contribution is 0.0948. The molecule has 11 heteroatoms. The van der Waals surface area contributed by atoms with Crippen LogP contribution in [0.15, 0.2) is 29.2 Å². The summed E-state index contributed by atoms with van der Waals surface area (Å²) in [4.78, 5) is 32.2. The summed E-state index contributed by atoms with van der Waals surface area (Å²) in [6.45, 7) is 2.81. The molecule has 3 heterocycles. The van der Waals surface area contributed by atoms with Gasteiger partial charge in [0.25, 0.3) is 11.5 Å². The Morgan fingerprint density at radius 1 is 1.27 bits per heavy atom. The smallest absolute Gasteiger partial charge is 0.288 e. The van der Waals surface area contributed by atoms with Gasteiger partial charge in [0.05, 0.1) is 27.4 Å². The van der Waals surface area contributed by atoms with Gasteiger partial charge in [-0.25, -0.2) is 4.98 Å². The summed E-state index contributed by atoms with van der Waals surface area (Å²) in [5.41, 5.74) is 0.179. The number of nitrogens with zero attached hydrogens (tertiary/aromatic N) is 4. The molecule has 1 fully saturated rings. The lowest BCUT2D eigenvalue weighted by Gasteiger charge is -2.25. The molecule has 1 aliphatic heterocycles. The molecule has 1 N–H and O–H groups in total. The fourth-order valence-corrected chi connectivity index (χ4v) is 4.00. The zero-order valence-electron chi connectivity index (χ0n) is 16.6. The number of ether oxygens (including phenoxy) is 3. The summed E-state index contributed by atoms with van der Waals surface area (Å²) in [7, 11) is 3.11. The summed E-state index contributed by atoms with van der Waals surface area (Å²) in [5.74, 6) is 0.699. The van der Waals surface area contributed by atoms with E-state index in [1.807, 2.05) is 4.90 Å². The molecule has 1 aromatic carbocycles. The molecule has 10 nitrogen and oxygen atoms in total. The molecule has 0 saturated carbocycles. The van der Waals surface area contributed by atoms with Gasteiger partial charge < -0.3 is 24.4 Å². The Morgan fingerprint density at radius 3 is 2.80 bits per heavy atom. The molecular weight excluding hydrogens is 410 g/mol. The topological polar surface area (TPSA) is 107 Å². The number of hydrogen-bond acceptors (Lipinski definition) is 9. The number of rotatable bonds is 6. The molecule has 0 aliphatic carbocycles. The van der Waals surface area contributed by atoms with Crippen LogP contribution in [0.5, 0.6) is 11.5 Å². The molecule has 158 valence electrons. The van der Waals surface area contributed by atoms with Crippen LogP contribution in [0.25, 0.3) is 4.96 Å². The van der Waals surface area contributed by atoms with Gasteiger partial charge in [-0.3, -0.25) is 9.59 Å². The number of benzene rings is 1. The molecule has 0 atom stereocenters. The number of aromatic nitrogens is 3. The van der Waals surface area contributed by atoms with Crippen molar-refractivity contribution in [2.45, 2.75) is 6.54 Å². The summed E-state index contributed by atoms with van der Waals surface area (Å²) in [6.07, 6.45) is 1.29. The Bertz CT molecular complexity index is 1120. The van der Waals surface area contributed by atoms with Crippen molar-refractivity contribution < 1.29 is 19.0 Å². The third-order valence-corrected chi connectivity index (χ3v) is 5.72. The maximum Gasteiger partial charge on any atom is 0.288 e. The van der Waals surface area contributed by atoms with Crippen molar-refractivity contribution in [2.24, 2.45) is 0 Å². The van der Waals surface area contributed by atoms with E-state index in [2.05, 4.69) is 15.4 Å². The summed E-state index contributed by atoms with van der Waals surface area (Å²) >= 11 is 1.31. The molecule has 0 radical (unpaired) electrons. The molecule has 1 saturated heterocycles. The molecule has 0 spiro atoms. The number of hydrogen-bond donors (Lipinski definition) is 1. The standard InChI is InChI=1S/C19H21N5O5S/c1-27-13-4-3-12(15(9-13)28-2)10-20-16(25)14-11-21-18-24(17(14)26)22-19(30-18)23-5-7-29-8-6-23/h3-4,9,11H,5-8,10H2,1-2H3,(H,20,25). The number of amides is 1. The largest absolute Gasteiger partial charge is 0.497 e. The average molecular weight is 431 g/mol. The molecule has 30 heavy (non-hydrogen) atoms. The minimum Gasteiger partial charge on any atom is -0.497 e. The van der Waals surface area contributed by atoms with Crippen LogP contribution in [0.4, 0.5) is 5.13 Å². The van der Waals surface area contributed by atoms with E-state index in [4.69, 9.17) is 14.2 Å². The fourth-order valence-electron chi connectivity index (χ4n) is 3.08. The predicted octanol–water partition coefficient (Wildman–Crippen LogP) is 0.935. The van der Waals surface area contributed by atoms with Crippen LogP contribution in [0.3, 0.4) is 0 Å². The minimum atomic E-state index is -0.527. The van der Waals surface area contributed by atoms with Gasteiger partial charge in [-0.1, -0.05) is 11.3 Å². The maximum atomic E-state index is 12.8. The van der Waals surface area contributed by atoms with E-state index < -0.39 is 11.5 Å². The normalized spacial score (nSPS) is 14.0. The Balaban J connectivity index is 1.53. The number of carbonyl (C=O) groups excluding carboxylic acids is 1. The third kappa shape index (κ3) is 3.94. The van der Waals surface area contributed by atoms with Crippen LogP contribution in [-0.4, -0.2) is 61.0 Å². The van der Waals surface area contributed by atoms with E-state index in [1.165, 1.54) is 22.0 Å². The Morgan fingerprint density at radius 2 is 2.07 bits per heavy atom. The molecule has 2 aromatic heterocycles. The summed E-state index contributed by atoms with van der Waals surface area (Å²) in [5, 5.41) is 7.78. The second-order valence-electron chi connectivity index (χ2n) is 6.52. The first-order valence-electron chi connectivity index (χ1n) is 9.31. The van der Waals surface area contributed by atoms with Gasteiger partial charge >= 0.3 is 0 Å². The predicted molar refractivity (Wildman–Crippen MR) is 111 cm³/mol. The summed E-state index contributed by atoms with van der Waals surface area (Å²) < 4.78 is 17.0. The van der Waals surface area contributed by atoms with E-state index in [1.54, 1.807) is 32.4 Å². The van der Waals surface area contributed by atoms with Crippen LogP contribution in [-0.2, 0) is 11.3 Å². The summed E-state index contributed by atoms with van der Waals surface area (Å²) in [6, 6.07) is 5.29. The van der Waals surface area contributed by atoms with Crippen LogP contribution in [0.2, 0.25) is 0 Å². The van der Waals surface area contributed by atoms with Crippen molar-refractivity contribution in [3.05, 3.63) is 45.9 Å². The van der Waals surface area contributed by atoms with Crippen molar-refractivity contribution in [3.8, 4) is 11.5 Å². The number of fused-ring (bicyclic) bond motifs is 1. The van der Waals surface area contributed by atoms with Gasteiger partial charge in [-0.2, -0.15) is 4.52 Å². The number of methoxy groups -OCH3 is 2. The second-order valence-corrected chi connectivity index (χ2v) is 7.45. The molecule has 0 unspecified atom stereocenters. The van der Waals surface area contributed by atoms with Crippen molar-refractivity contribution in [1.29, 1.82) is 0 Å². The Kier molecular flexibility index (Phi) is 5.81. The lowest BCUT2D eigenvalue weighted by atomic mass is 10.2. The molecule has 1 amide bonds. The quantitative estimate of drug-likeness (QED) is 0.614. The maximum absolute atomic E-state index is 12.8. The van der Waals surface area contributed by atoms with Crippen LogP contribution in [0.1, 0.15) is 15.9 Å². The van der Waals surface area contributed by atoms with E-state index in [0.29, 0.717) is 47.9 Å². The van der Waals surface area contributed by atoms with Crippen molar-refractivity contribution in [2.75, 3.05) is 45.4 Å². The molecule has 1 aliphatic rings. The molecule has 3 aromatic rings. The average Bonchev–Trinajstić information content (AvgIpc) is 3.23. The molecule has 0 bridgehead atoms. The van der Waals surface area contributed by atoms with Gasteiger partial charge in [-0.05, 0) is 12.1 Å². The Hall–Kier alpha value is -3.18. The van der Waals surface area contributed by atoms with E-state index in [0.717, 1.165) is 5.56 Å². The third-order valence-electron chi connectivity index (χ3n) is 4.74. The lowest BCUT2D eigenvalue weighted by Crippen LogP contribution is -2.36. The number of morpholine rings is 1. The first-order valence-corrected chi connectivity index (χ1v) is 10.1. The first kappa shape index (κ1) is 20.1. The van der Waals surface area contributed by atoms with Gasteiger partial charge in [0, 0.05) is 37.5 Å². The van der Waals surface area contributed by atoms with Gasteiger partial charge in [0.1, 0.15) is 17.1 Å². The zero-order valence-corrected chi connectivity index (χ0v) is 17.4. The zero-order chi connectivity index (χ0) is 21.1. The van der Waals surface area contributed by atoms with Crippen molar-refractivity contribution in [3.63, 3.8) is 0 Å². The van der Waals surface area contributed by atoms with Crippen molar-refractivity contribution >= 4 is 27.3 Å². The van der Waals surface area contributed by atoms with E-state index in [9.17, 15) is 9.59 Å². The van der Waals surface area contributed by atoms with Crippen LogP contribution in [0, 0.1) is 0 Å². The van der Waals surface area contributed by atoms with Gasteiger partial charge in [0.2, 0.25) is 10.1 Å². The second kappa shape index (κ2) is 8.67. The fraction of sp³-hybridized carbons (Fsp3) is 0.368. The van der Waals surface area contributed by atoms with E-state index >= 15 is 0 Å². The monoisotopic (exact) mass is 431 g/mol. The van der Waals surface area contributed by atoms with Gasteiger partial charge in [0.15, 0.2) is 0 Å².